The first-order chi connectivity index (χ1) is 18.0. The van der Waals surface area contributed by atoms with Crippen LogP contribution in [0.15, 0.2) is 95.7 Å². The Balaban J connectivity index is 1.74. The maximum absolute atomic E-state index is 13.0. The van der Waals surface area contributed by atoms with Gasteiger partial charge in [0, 0.05) is 23.0 Å². The van der Waals surface area contributed by atoms with Gasteiger partial charge in [-0.25, -0.2) is 4.68 Å². The highest BCUT2D eigenvalue weighted by molar-refractivity contribution is 7.84. The molecule has 8 heteroatoms. The third-order valence-electron chi connectivity index (χ3n) is 6.37. The number of benzene rings is 3. The molecular weight excluding hydrogens is 482 g/mol. The predicted octanol–water partition coefficient (Wildman–Crippen LogP) is 5.41. The summed E-state index contributed by atoms with van der Waals surface area (Å²) in [7, 11) is 1.62. The highest BCUT2D eigenvalue weighted by atomic mass is 32.1. The van der Waals surface area contributed by atoms with E-state index in [0.717, 1.165) is 40.2 Å². The van der Waals surface area contributed by atoms with Crippen molar-refractivity contribution in [3.63, 3.8) is 0 Å². The Morgan fingerprint density at radius 1 is 1.05 bits per heavy atom. The molecule has 0 saturated heterocycles. The van der Waals surface area contributed by atoms with E-state index in [4.69, 9.17) is 22.5 Å². The molecule has 1 aliphatic heterocycles. The Hall–Kier alpha value is -4.48. The highest BCUT2D eigenvalue weighted by Crippen LogP contribution is 2.40. The van der Waals surface area contributed by atoms with Crippen LogP contribution in [-0.4, -0.2) is 22.8 Å². The summed E-state index contributed by atoms with van der Waals surface area (Å²) >= 11 is 4.70. The number of amides is 1. The van der Waals surface area contributed by atoms with Gasteiger partial charge in [-0.2, -0.15) is 10.4 Å². The molecule has 1 amide bonds. The van der Waals surface area contributed by atoms with Gasteiger partial charge >= 0.3 is 0 Å². The predicted molar refractivity (Wildman–Crippen MR) is 146 cm³/mol. The standard InChI is InChI=1S/C29H25N5O2S/c1-3-19-9-7-8-12-25(19)34-27(31-28(35)23(17-30)29(34)37)24-18-33(21-10-5-4-6-11-21)32-26(24)20-13-15-22(36-2)16-14-20/h4-16,18,27,37H,3H2,1-2H3,(H,31,35). The molecule has 2 heterocycles. The summed E-state index contributed by atoms with van der Waals surface area (Å²) < 4.78 is 7.14. The molecule has 0 fully saturated rings. The first-order valence-corrected chi connectivity index (χ1v) is 12.3. The van der Waals surface area contributed by atoms with Crippen LogP contribution in [0.3, 0.4) is 0 Å². The molecule has 0 aliphatic carbocycles. The number of aromatic nitrogens is 2. The van der Waals surface area contributed by atoms with Gasteiger partial charge in [0.25, 0.3) is 5.91 Å². The molecule has 0 saturated carbocycles. The lowest BCUT2D eigenvalue weighted by Gasteiger charge is -2.38. The van der Waals surface area contributed by atoms with Crippen LogP contribution in [0.1, 0.15) is 24.2 Å². The number of nitrogens with zero attached hydrogens (tertiary/aromatic N) is 4. The van der Waals surface area contributed by atoms with Crippen molar-refractivity contribution < 1.29 is 9.53 Å². The average Bonchev–Trinajstić information content (AvgIpc) is 3.39. The summed E-state index contributed by atoms with van der Waals surface area (Å²) in [6.45, 7) is 2.07. The molecule has 184 valence electrons. The lowest BCUT2D eigenvalue weighted by Crippen LogP contribution is -2.46. The quantitative estimate of drug-likeness (QED) is 0.341. The van der Waals surface area contributed by atoms with E-state index >= 15 is 0 Å². The smallest absolute Gasteiger partial charge is 0.266 e. The number of nitriles is 1. The molecule has 1 unspecified atom stereocenters. The minimum Gasteiger partial charge on any atom is -0.497 e. The highest BCUT2D eigenvalue weighted by Gasteiger charge is 2.37. The number of methoxy groups -OCH3 is 1. The van der Waals surface area contributed by atoms with Crippen LogP contribution in [0.25, 0.3) is 16.9 Å². The molecule has 1 aliphatic rings. The third kappa shape index (κ3) is 4.46. The third-order valence-corrected chi connectivity index (χ3v) is 6.81. The molecule has 1 N–H and O–H groups in total. The minimum atomic E-state index is -0.653. The van der Waals surface area contributed by atoms with E-state index in [-0.39, 0.29) is 5.57 Å². The van der Waals surface area contributed by atoms with Crippen molar-refractivity contribution in [3.8, 4) is 28.8 Å². The molecule has 1 atom stereocenters. The van der Waals surface area contributed by atoms with E-state index < -0.39 is 12.1 Å². The van der Waals surface area contributed by atoms with E-state index in [1.165, 1.54) is 0 Å². The maximum Gasteiger partial charge on any atom is 0.266 e. The fourth-order valence-electron chi connectivity index (χ4n) is 4.49. The maximum atomic E-state index is 13.0. The molecule has 0 spiro atoms. The van der Waals surface area contributed by atoms with Gasteiger partial charge in [0.15, 0.2) is 0 Å². The summed E-state index contributed by atoms with van der Waals surface area (Å²) in [6.07, 6.45) is 2.03. The van der Waals surface area contributed by atoms with Crippen LogP contribution in [0.2, 0.25) is 0 Å². The average molecular weight is 508 g/mol. The van der Waals surface area contributed by atoms with Gasteiger partial charge in [-0.3, -0.25) is 4.79 Å². The van der Waals surface area contributed by atoms with E-state index in [1.54, 1.807) is 11.8 Å². The van der Waals surface area contributed by atoms with Crippen molar-refractivity contribution in [1.82, 2.24) is 15.1 Å². The Labute approximate surface area is 221 Å². The van der Waals surface area contributed by atoms with E-state index in [0.29, 0.717) is 10.7 Å². The van der Waals surface area contributed by atoms with Gasteiger partial charge in [-0.05, 0) is 54.4 Å². The number of hydrogen-bond donors (Lipinski definition) is 2. The minimum absolute atomic E-state index is 0.0352. The molecule has 7 nitrogen and oxygen atoms in total. The largest absolute Gasteiger partial charge is 0.497 e. The zero-order chi connectivity index (χ0) is 25.9. The van der Waals surface area contributed by atoms with Crippen LogP contribution in [0, 0.1) is 11.3 Å². The summed E-state index contributed by atoms with van der Waals surface area (Å²) in [5.41, 5.74) is 5.08. The molecular formula is C29H25N5O2S. The number of aryl methyl sites for hydroxylation is 1. The van der Waals surface area contributed by atoms with Crippen LogP contribution < -0.4 is 15.0 Å². The van der Waals surface area contributed by atoms with Gasteiger partial charge in [0.2, 0.25) is 0 Å². The fraction of sp³-hybridized carbons (Fsp3) is 0.138. The monoisotopic (exact) mass is 507 g/mol. The van der Waals surface area contributed by atoms with Crippen molar-refractivity contribution in [2.24, 2.45) is 0 Å². The van der Waals surface area contributed by atoms with Gasteiger partial charge in [-0.1, -0.05) is 43.3 Å². The molecule has 5 rings (SSSR count). The van der Waals surface area contributed by atoms with Crippen LogP contribution in [0.4, 0.5) is 5.69 Å². The second kappa shape index (κ2) is 10.2. The van der Waals surface area contributed by atoms with Crippen molar-refractivity contribution in [2.45, 2.75) is 19.5 Å². The number of carbonyl (C=O) groups excluding carboxylic acids is 1. The molecule has 4 aromatic rings. The number of carbonyl (C=O) groups is 1. The lowest BCUT2D eigenvalue weighted by atomic mass is 10.0. The molecule has 3 aromatic carbocycles. The first-order valence-electron chi connectivity index (χ1n) is 11.9. The van der Waals surface area contributed by atoms with Crippen LogP contribution >= 0.6 is 12.6 Å². The second-order valence-electron chi connectivity index (χ2n) is 8.48. The molecule has 37 heavy (non-hydrogen) atoms. The van der Waals surface area contributed by atoms with Gasteiger partial charge in [-0.15, -0.1) is 12.6 Å². The summed E-state index contributed by atoms with van der Waals surface area (Å²) in [5, 5.41) is 18.0. The number of para-hydroxylation sites is 2. The molecule has 1 aromatic heterocycles. The molecule has 0 radical (unpaired) electrons. The van der Waals surface area contributed by atoms with E-state index in [1.807, 2.05) is 96.0 Å². The summed E-state index contributed by atoms with van der Waals surface area (Å²) in [5.74, 6) is 0.257. The first kappa shape index (κ1) is 24.2. The summed E-state index contributed by atoms with van der Waals surface area (Å²) in [4.78, 5) is 15.0. The Bertz CT molecular complexity index is 1520. The van der Waals surface area contributed by atoms with Crippen LogP contribution in [0.5, 0.6) is 5.75 Å². The van der Waals surface area contributed by atoms with Gasteiger partial charge < -0.3 is 15.0 Å². The zero-order valence-corrected chi connectivity index (χ0v) is 21.3. The SMILES string of the molecule is CCc1ccccc1N1C(S)=C(C#N)C(=O)NC1c1cn(-c2ccccc2)nc1-c1ccc(OC)cc1. The van der Waals surface area contributed by atoms with Gasteiger partial charge in [0.05, 0.1) is 23.5 Å². The van der Waals surface area contributed by atoms with Crippen molar-refractivity contribution in [1.29, 1.82) is 5.26 Å². The number of nitrogens with one attached hydrogen (secondary N) is 1. The van der Waals surface area contributed by atoms with Crippen LogP contribution in [-0.2, 0) is 11.2 Å². The van der Waals surface area contributed by atoms with Crippen molar-refractivity contribution in [2.75, 3.05) is 12.0 Å². The number of hydrogen-bond acceptors (Lipinski definition) is 6. The lowest BCUT2D eigenvalue weighted by molar-refractivity contribution is -0.118. The number of ether oxygens (including phenoxy) is 1. The normalized spacial score (nSPS) is 15.4. The summed E-state index contributed by atoms with van der Waals surface area (Å²) in [6, 6.07) is 27.4. The second-order valence-corrected chi connectivity index (χ2v) is 8.90. The molecule has 0 bridgehead atoms. The number of thiol groups is 1. The van der Waals surface area contributed by atoms with Crippen molar-refractivity contribution >= 4 is 24.2 Å². The van der Waals surface area contributed by atoms with E-state index in [9.17, 15) is 10.1 Å². The Kier molecular flexibility index (Phi) is 6.71. The number of anilines is 1. The number of rotatable bonds is 6. The Morgan fingerprint density at radius 2 is 1.76 bits per heavy atom. The Morgan fingerprint density at radius 3 is 2.43 bits per heavy atom. The van der Waals surface area contributed by atoms with Gasteiger partial charge in [0.1, 0.15) is 23.6 Å². The van der Waals surface area contributed by atoms with Crippen molar-refractivity contribution in [3.05, 3.63) is 107 Å². The van der Waals surface area contributed by atoms with E-state index in [2.05, 4.69) is 12.2 Å². The zero-order valence-electron chi connectivity index (χ0n) is 20.4. The fourth-order valence-corrected chi connectivity index (χ4v) is 4.87. The topological polar surface area (TPSA) is 83.2 Å².